The van der Waals surface area contributed by atoms with E-state index in [0.717, 1.165) is 10.9 Å². The second-order valence-electron chi connectivity index (χ2n) is 12.9. The molecule has 0 aliphatic heterocycles. The minimum Gasteiger partial charge on any atom is -0.480 e. The first-order chi connectivity index (χ1) is 25.8. The number of thioether (sulfide) groups is 1. The molecule has 16 nitrogen and oxygen atoms in total. The molecule has 5 amide bonds. The third-order valence-corrected chi connectivity index (χ3v) is 9.32. The van der Waals surface area contributed by atoms with Crippen LogP contribution < -0.4 is 38.1 Å². The van der Waals surface area contributed by atoms with Crippen molar-refractivity contribution in [1.82, 2.24) is 31.6 Å². The molecule has 1 aromatic heterocycles. The molecule has 3 aromatic rings. The Morgan fingerprint density at radius 3 is 2.07 bits per heavy atom. The molecule has 0 spiro atoms. The van der Waals surface area contributed by atoms with Gasteiger partial charge in [0.25, 0.3) is 0 Å². The topological polar surface area (TPSA) is 271 Å². The number of rotatable bonds is 23. The van der Waals surface area contributed by atoms with Crippen LogP contribution in [-0.4, -0.2) is 112 Å². The SMILES string of the molecule is CSCC[C@H](NC(=O)[C@@H](N)CCCCN)C(=O)N[C@@H](Cc1c[nH]c2ccccc12)C(=O)N[C@H](C(=O)N[C@@H](Cc1ccccc1)C(=O)NCC(=O)O)[C@@H](C)O. The molecular formula is C37H52N8O8S. The lowest BCUT2D eigenvalue weighted by atomic mass is 10.0. The summed E-state index contributed by atoms with van der Waals surface area (Å²) >= 11 is 1.47. The molecule has 0 radical (unpaired) electrons. The quantitative estimate of drug-likeness (QED) is 0.0559. The second-order valence-corrected chi connectivity index (χ2v) is 13.9. The zero-order chi connectivity index (χ0) is 39.6. The molecule has 0 saturated heterocycles. The smallest absolute Gasteiger partial charge is 0.322 e. The number of carbonyl (C=O) groups is 6. The van der Waals surface area contributed by atoms with Gasteiger partial charge in [0.1, 0.15) is 30.7 Å². The maximum absolute atomic E-state index is 14.1. The van der Waals surface area contributed by atoms with Crippen LogP contribution in [0.4, 0.5) is 0 Å². The minimum atomic E-state index is -1.59. The fourth-order valence-electron chi connectivity index (χ4n) is 5.69. The lowest BCUT2D eigenvalue weighted by Gasteiger charge is -2.28. The highest BCUT2D eigenvalue weighted by molar-refractivity contribution is 7.98. The molecule has 0 saturated carbocycles. The van der Waals surface area contributed by atoms with Crippen LogP contribution in [0.5, 0.6) is 0 Å². The predicted octanol–water partition coefficient (Wildman–Crippen LogP) is -0.317. The van der Waals surface area contributed by atoms with E-state index < -0.39 is 78.4 Å². The molecule has 0 aliphatic rings. The summed E-state index contributed by atoms with van der Waals surface area (Å²) in [6.07, 6.45) is 3.98. The lowest BCUT2D eigenvalue weighted by molar-refractivity contribution is -0.139. The number of para-hydroxylation sites is 1. The molecule has 1 heterocycles. The first-order valence-corrected chi connectivity index (χ1v) is 19.2. The van der Waals surface area contributed by atoms with E-state index in [4.69, 9.17) is 16.6 Å². The van der Waals surface area contributed by atoms with E-state index >= 15 is 0 Å². The van der Waals surface area contributed by atoms with E-state index in [0.29, 0.717) is 42.7 Å². The number of aliphatic hydroxyl groups is 1. The number of fused-ring (bicyclic) bond motifs is 1. The summed E-state index contributed by atoms with van der Waals surface area (Å²) in [5.41, 5.74) is 13.8. The van der Waals surface area contributed by atoms with Crippen molar-refractivity contribution in [3.63, 3.8) is 0 Å². The van der Waals surface area contributed by atoms with Crippen molar-refractivity contribution in [1.29, 1.82) is 0 Å². The molecule has 0 fully saturated rings. The van der Waals surface area contributed by atoms with Gasteiger partial charge < -0.3 is 53.2 Å². The number of carboxylic acid groups (broad SMARTS) is 1. The summed E-state index contributed by atoms with van der Waals surface area (Å²) in [7, 11) is 0. The van der Waals surface area contributed by atoms with Crippen LogP contribution in [-0.2, 0) is 41.6 Å². The fraction of sp³-hybridized carbons (Fsp3) is 0.459. The van der Waals surface area contributed by atoms with E-state index in [2.05, 4.69) is 31.6 Å². The van der Waals surface area contributed by atoms with Crippen molar-refractivity contribution in [2.75, 3.05) is 25.1 Å². The van der Waals surface area contributed by atoms with Crippen molar-refractivity contribution in [2.24, 2.45) is 11.5 Å². The molecule has 12 N–H and O–H groups in total. The van der Waals surface area contributed by atoms with E-state index in [1.165, 1.54) is 18.7 Å². The highest BCUT2D eigenvalue weighted by Crippen LogP contribution is 2.20. The molecular weight excluding hydrogens is 717 g/mol. The van der Waals surface area contributed by atoms with E-state index in [1.54, 1.807) is 36.5 Å². The Labute approximate surface area is 318 Å². The third kappa shape index (κ3) is 13.8. The number of nitrogens with two attached hydrogens (primary N) is 2. The van der Waals surface area contributed by atoms with Gasteiger partial charge in [-0.2, -0.15) is 11.8 Å². The molecule has 294 valence electrons. The molecule has 54 heavy (non-hydrogen) atoms. The normalized spacial score (nSPS) is 14.5. The van der Waals surface area contributed by atoms with Gasteiger partial charge >= 0.3 is 5.97 Å². The van der Waals surface area contributed by atoms with Crippen molar-refractivity contribution >= 4 is 58.2 Å². The van der Waals surface area contributed by atoms with Crippen LogP contribution in [0.2, 0.25) is 0 Å². The summed E-state index contributed by atoms with van der Waals surface area (Å²) in [6, 6.07) is 9.99. The van der Waals surface area contributed by atoms with Gasteiger partial charge in [-0.15, -0.1) is 0 Å². The Morgan fingerprint density at radius 1 is 0.778 bits per heavy atom. The number of carboxylic acids is 1. The van der Waals surface area contributed by atoms with Crippen LogP contribution in [0.1, 0.15) is 43.7 Å². The zero-order valence-corrected chi connectivity index (χ0v) is 31.3. The summed E-state index contributed by atoms with van der Waals surface area (Å²) in [4.78, 5) is 81.8. The minimum absolute atomic E-state index is 0.0163. The van der Waals surface area contributed by atoms with Gasteiger partial charge in [-0.1, -0.05) is 55.0 Å². The third-order valence-electron chi connectivity index (χ3n) is 8.67. The van der Waals surface area contributed by atoms with Crippen molar-refractivity contribution < 1.29 is 39.0 Å². The van der Waals surface area contributed by atoms with E-state index in [9.17, 15) is 33.9 Å². The number of hydrogen-bond donors (Lipinski definition) is 10. The second kappa shape index (κ2) is 22.3. The molecule has 2 aromatic carbocycles. The Morgan fingerprint density at radius 2 is 1.41 bits per heavy atom. The number of aromatic nitrogens is 1. The number of aromatic amines is 1. The first kappa shape index (κ1) is 43.4. The monoisotopic (exact) mass is 768 g/mol. The Balaban J connectivity index is 1.87. The van der Waals surface area contributed by atoms with Crippen LogP contribution in [0.15, 0.2) is 60.8 Å². The molecule has 0 aliphatic carbocycles. The van der Waals surface area contributed by atoms with Gasteiger partial charge in [0.05, 0.1) is 12.1 Å². The van der Waals surface area contributed by atoms with Crippen LogP contribution in [0.3, 0.4) is 0 Å². The number of hydrogen-bond acceptors (Lipinski definition) is 10. The Hall–Kier alpha value is -4.97. The zero-order valence-electron chi connectivity index (χ0n) is 30.5. The van der Waals surface area contributed by atoms with Crippen molar-refractivity contribution in [3.05, 3.63) is 71.9 Å². The summed E-state index contributed by atoms with van der Waals surface area (Å²) in [5, 5.41) is 33.4. The number of benzene rings is 2. The van der Waals surface area contributed by atoms with E-state index in [-0.39, 0.29) is 19.3 Å². The number of aliphatic carboxylic acids is 1. The van der Waals surface area contributed by atoms with Gasteiger partial charge in [0.2, 0.25) is 29.5 Å². The molecule has 3 rings (SSSR count). The summed E-state index contributed by atoms with van der Waals surface area (Å²) in [5.74, 6) is -4.47. The maximum atomic E-state index is 14.1. The van der Waals surface area contributed by atoms with Gasteiger partial charge in [-0.25, -0.2) is 0 Å². The standard InChI is InChI=1S/C37H52N8O8S/c1-22(46)32(37(53)44-29(34(50)41-21-31(47)48)18-23-10-4-3-5-11-23)45-36(52)30(19-24-20-40-27-14-7-6-12-25(24)27)43-35(51)28(15-17-54-2)42-33(49)26(39)13-8-9-16-38/h3-7,10-12,14,20,22,26,28-30,32,40,46H,8-9,13,15-19,21,38-39H2,1-2H3,(H,41,50)(H,42,49)(H,43,51)(H,44,53)(H,45,52)(H,47,48)/t22-,26+,28+,29+,30+,32+/m1/s1. The van der Waals surface area contributed by atoms with E-state index in [1.807, 2.05) is 30.5 Å². The number of carbonyl (C=O) groups excluding carboxylic acids is 5. The van der Waals surface area contributed by atoms with Crippen LogP contribution >= 0.6 is 11.8 Å². The average Bonchev–Trinajstić information content (AvgIpc) is 3.56. The largest absolute Gasteiger partial charge is 0.480 e. The van der Waals surface area contributed by atoms with Crippen LogP contribution in [0, 0.1) is 0 Å². The van der Waals surface area contributed by atoms with Gasteiger partial charge in [0, 0.05) is 29.9 Å². The molecule has 17 heteroatoms. The fourth-order valence-corrected chi connectivity index (χ4v) is 6.16. The molecule has 6 atom stereocenters. The summed E-state index contributed by atoms with van der Waals surface area (Å²) in [6.45, 7) is 1.05. The highest BCUT2D eigenvalue weighted by Gasteiger charge is 2.34. The number of aliphatic hydroxyl groups excluding tert-OH is 1. The predicted molar refractivity (Wildman–Crippen MR) is 206 cm³/mol. The highest BCUT2D eigenvalue weighted by atomic mass is 32.2. The number of nitrogens with one attached hydrogen (secondary N) is 6. The lowest BCUT2D eigenvalue weighted by Crippen LogP contribution is -2.61. The van der Waals surface area contributed by atoms with Crippen molar-refractivity contribution in [2.45, 2.75) is 81.8 Å². The first-order valence-electron chi connectivity index (χ1n) is 17.8. The maximum Gasteiger partial charge on any atom is 0.322 e. The van der Waals surface area contributed by atoms with Crippen LogP contribution in [0.25, 0.3) is 10.9 Å². The summed E-state index contributed by atoms with van der Waals surface area (Å²) < 4.78 is 0. The molecule has 0 unspecified atom stereocenters. The Bertz CT molecular complexity index is 1710. The number of amides is 5. The van der Waals surface area contributed by atoms with Gasteiger partial charge in [-0.3, -0.25) is 28.8 Å². The number of H-pyrrole nitrogens is 1. The van der Waals surface area contributed by atoms with Crippen molar-refractivity contribution in [3.8, 4) is 0 Å². The molecule has 0 bridgehead atoms. The number of unbranched alkanes of at least 4 members (excludes halogenated alkanes) is 1. The Kier molecular flexibility index (Phi) is 17.9. The van der Waals surface area contributed by atoms with Gasteiger partial charge in [-0.05, 0) is 61.9 Å². The van der Waals surface area contributed by atoms with Gasteiger partial charge in [0.15, 0.2) is 0 Å². The average molecular weight is 769 g/mol.